The highest BCUT2D eigenvalue weighted by Gasteiger charge is 2.32. The lowest BCUT2D eigenvalue weighted by Gasteiger charge is -2.29. The molecule has 3 heterocycles. The van der Waals surface area contributed by atoms with Crippen LogP contribution in [-0.4, -0.2) is 4.57 Å². The molecular weight excluding hydrogens is 461 g/mol. The first kappa shape index (κ1) is 18.0. The Morgan fingerprint density at radius 3 is 2.79 bits per heavy atom. The number of ether oxygens (including phenoxy) is 1. The molecule has 5 rings (SSSR count). The first-order valence-corrected chi connectivity index (χ1v) is 10.6. The molecule has 2 nitrogen and oxygen atoms in total. The molecule has 2 aromatic carbocycles. The lowest BCUT2D eigenvalue weighted by atomic mass is 10.1. The van der Waals surface area contributed by atoms with Crippen molar-refractivity contribution in [2.75, 3.05) is 0 Å². The van der Waals surface area contributed by atoms with Crippen molar-refractivity contribution in [1.29, 1.82) is 0 Å². The van der Waals surface area contributed by atoms with Gasteiger partial charge in [-0.25, -0.2) is 4.39 Å². The summed E-state index contributed by atoms with van der Waals surface area (Å²) in [6, 6.07) is 15.0. The third kappa shape index (κ3) is 2.72. The summed E-state index contributed by atoms with van der Waals surface area (Å²) in [7, 11) is 0. The highest BCUT2D eigenvalue weighted by Crippen LogP contribution is 2.47. The van der Waals surface area contributed by atoms with Gasteiger partial charge in [0.2, 0.25) is 6.23 Å². The summed E-state index contributed by atoms with van der Waals surface area (Å²) in [4.78, 5) is 2.13. The Labute approximate surface area is 179 Å². The van der Waals surface area contributed by atoms with Gasteiger partial charge in [-0.2, -0.15) is 0 Å². The summed E-state index contributed by atoms with van der Waals surface area (Å²) < 4.78 is 23.9. The Bertz CT molecular complexity index is 1280. The van der Waals surface area contributed by atoms with Crippen LogP contribution in [-0.2, 0) is 0 Å². The summed E-state index contributed by atoms with van der Waals surface area (Å²) in [6.07, 6.45) is -0.395. The van der Waals surface area contributed by atoms with E-state index in [4.69, 9.17) is 16.3 Å². The average molecular weight is 475 g/mol. The maximum Gasteiger partial charge on any atom is 0.212 e. The van der Waals surface area contributed by atoms with Crippen LogP contribution >= 0.6 is 38.9 Å². The van der Waals surface area contributed by atoms with E-state index >= 15 is 0 Å². The van der Waals surface area contributed by atoms with Crippen LogP contribution in [0.25, 0.3) is 27.7 Å². The van der Waals surface area contributed by atoms with Crippen molar-refractivity contribution < 1.29 is 9.13 Å². The molecule has 4 aromatic rings. The molecule has 6 heteroatoms. The van der Waals surface area contributed by atoms with E-state index in [1.807, 2.05) is 54.0 Å². The average Bonchev–Trinajstić information content (AvgIpc) is 3.24. The normalized spacial score (nSPS) is 15.2. The van der Waals surface area contributed by atoms with E-state index < -0.39 is 6.23 Å². The second-order valence-electron chi connectivity index (χ2n) is 6.82. The zero-order valence-electron chi connectivity index (χ0n) is 14.8. The van der Waals surface area contributed by atoms with Crippen molar-refractivity contribution in [3.05, 3.63) is 80.2 Å². The van der Waals surface area contributed by atoms with Crippen molar-refractivity contribution in [3.63, 3.8) is 0 Å². The number of nitrogens with zero attached hydrogens (tertiary/aromatic N) is 1. The van der Waals surface area contributed by atoms with E-state index in [2.05, 4.69) is 22.5 Å². The molecule has 0 radical (unpaired) electrons. The summed E-state index contributed by atoms with van der Waals surface area (Å²) in [6.45, 7) is 6.01. The minimum Gasteiger partial charge on any atom is -0.464 e. The Balaban J connectivity index is 1.81. The quantitative estimate of drug-likeness (QED) is 0.288. The number of aromatic nitrogens is 1. The number of allylic oxidation sites excluding steroid dienone is 1. The molecule has 1 aliphatic rings. The van der Waals surface area contributed by atoms with E-state index in [1.165, 1.54) is 6.07 Å². The summed E-state index contributed by atoms with van der Waals surface area (Å²) in [5, 5.41) is 1.59. The molecule has 140 valence electrons. The molecule has 1 aliphatic heterocycles. The molecule has 0 amide bonds. The van der Waals surface area contributed by atoms with Gasteiger partial charge in [-0.05, 0) is 61.0 Å². The lowest BCUT2D eigenvalue weighted by Crippen LogP contribution is -2.21. The predicted molar refractivity (Wildman–Crippen MR) is 118 cm³/mol. The Hall–Kier alpha value is -2.08. The van der Waals surface area contributed by atoms with Crippen molar-refractivity contribution >= 4 is 55.3 Å². The van der Waals surface area contributed by atoms with Gasteiger partial charge in [0, 0.05) is 19.8 Å². The molecule has 0 spiro atoms. The molecule has 1 atom stereocenters. The number of benzene rings is 2. The Kier molecular flexibility index (Phi) is 4.16. The number of hydrogen-bond donors (Lipinski definition) is 0. The summed E-state index contributed by atoms with van der Waals surface area (Å²) in [5.41, 5.74) is 3.19. The standard InChI is InChI=1S/C22H14BrClFNOS/c1-11(2)19-5-6-20(28-19)22-26-16-4-3-14(24)7-12(16)8-17(26)21-15(25)9-13(23)10-18(21)27-22/h3-10,22H,1H2,2H3. The van der Waals surface area contributed by atoms with Crippen molar-refractivity contribution in [1.82, 2.24) is 4.57 Å². The van der Waals surface area contributed by atoms with E-state index in [0.717, 1.165) is 31.9 Å². The summed E-state index contributed by atoms with van der Waals surface area (Å²) >= 11 is 11.2. The van der Waals surface area contributed by atoms with Gasteiger partial charge in [-0.3, -0.25) is 4.57 Å². The minimum atomic E-state index is -0.395. The molecule has 0 aliphatic carbocycles. The van der Waals surface area contributed by atoms with Crippen LogP contribution in [0, 0.1) is 5.82 Å². The SMILES string of the molecule is C=C(C)c1ccc(C2Oc3cc(Br)cc(F)c3-c3cc4cc(Cl)ccc4n32)s1. The van der Waals surface area contributed by atoms with Gasteiger partial charge in [-0.15, -0.1) is 11.3 Å². The molecule has 0 bridgehead atoms. The molecule has 1 unspecified atom stereocenters. The van der Waals surface area contributed by atoms with Crippen LogP contribution < -0.4 is 4.74 Å². The fourth-order valence-electron chi connectivity index (χ4n) is 3.62. The maximum absolute atomic E-state index is 14.9. The van der Waals surface area contributed by atoms with Crippen molar-refractivity contribution in [2.45, 2.75) is 13.2 Å². The largest absolute Gasteiger partial charge is 0.464 e. The first-order chi connectivity index (χ1) is 13.4. The molecule has 0 saturated heterocycles. The monoisotopic (exact) mass is 473 g/mol. The fraction of sp³-hybridized carbons (Fsp3) is 0.0909. The molecule has 0 N–H and O–H groups in total. The predicted octanol–water partition coefficient (Wildman–Crippen LogP) is 7.90. The van der Waals surface area contributed by atoms with Crippen LogP contribution in [0.15, 0.2) is 59.6 Å². The zero-order chi connectivity index (χ0) is 19.6. The van der Waals surface area contributed by atoms with Gasteiger partial charge in [0.05, 0.1) is 21.7 Å². The molecule has 28 heavy (non-hydrogen) atoms. The highest BCUT2D eigenvalue weighted by atomic mass is 79.9. The van der Waals surface area contributed by atoms with E-state index in [9.17, 15) is 4.39 Å². The second kappa shape index (κ2) is 6.48. The number of thiophene rings is 1. The van der Waals surface area contributed by atoms with E-state index in [0.29, 0.717) is 20.8 Å². The topological polar surface area (TPSA) is 14.2 Å². The number of halogens is 3. The first-order valence-electron chi connectivity index (χ1n) is 8.64. The van der Waals surface area contributed by atoms with Crippen LogP contribution in [0.3, 0.4) is 0 Å². The molecule has 0 saturated carbocycles. The fourth-order valence-corrected chi connectivity index (χ4v) is 5.16. The Morgan fingerprint density at radius 1 is 1.21 bits per heavy atom. The number of rotatable bonds is 2. The second-order valence-corrected chi connectivity index (χ2v) is 9.28. The van der Waals surface area contributed by atoms with Gasteiger partial charge < -0.3 is 4.74 Å². The maximum atomic E-state index is 14.9. The van der Waals surface area contributed by atoms with Gasteiger partial charge in [0.15, 0.2) is 0 Å². The van der Waals surface area contributed by atoms with Crippen molar-refractivity contribution in [2.24, 2.45) is 0 Å². The number of hydrogen-bond acceptors (Lipinski definition) is 2. The third-order valence-electron chi connectivity index (χ3n) is 4.84. The lowest BCUT2D eigenvalue weighted by molar-refractivity contribution is 0.176. The minimum absolute atomic E-state index is 0.327. The molecule has 0 fully saturated rings. The van der Waals surface area contributed by atoms with Crippen LogP contribution in [0.1, 0.15) is 22.9 Å². The van der Waals surface area contributed by atoms with Gasteiger partial charge in [0.1, 0.15) is 11.6 Å². The zero-order valence-corrected chi connectivity index (χ0v) is 18.0. The van der Waals surface area contributed by atoms with Gasteiger partial charge in [-0.1, -0.05) is 34.1 Å². The van der Waals surface area contributed by atoms with Gasteiger partial charge >= 0.3 is 0 Å². The van der Waals surface area contributed by atoms with Crippen LogP contribution in [0.2, 0.25) is 5.02 Å². The van der Waals surface area contributed by atoms with Crippen LogP contribution in [0.4, 0.5) is 4.39 Å². The summed E-state index contributed by atoms with van der Waals surface area (Å²) in [5.74, 6) is 0.190. The third-order valence-corrected chi connectivity index (χ3v) is 6.81. The highest BCUT2D eigenvalue weighted by molar-refractivity contribution is 9.10. The van der Waals surface area contributed by atoms with Gasteiger partial charge in [0.25, 0.3) is 0 Å². The smallest absolute Gasteiger partial charge is 0.212 e. The van der Waals surface area contributed by atoms with E-state index in [-0.39, 0.29) is 5.82 Å². The molecule has 2 aromatic heterocycles. The number of fused-ring (bicyclic) bond motifs is 5. The van der Waals surface area contributed by atoms with E-state index in [1.54, 1.807) is 11.3 Å². The van der Waals surface area contributed by atoms with Crippen LogP contribution in [0.5, 0.6) is 5.75 Å². The molecular formula is C22H14BrClFNOS. The van der Waals surface area contributed by atoms with Crippen molar-refractivity contribution in [3.8, 4) is 17.0 Å². The Morgan fingerprint density at radius 2 is 2.04 bits per heavy atom.